The lowest BCUT2D eigenvalue weighted by molar-refractivity contribution is -0.142. The molecule has 0 heterocycles. The Labute approximate surface area is 125 Å². The van der Waals surface area contributed by atoms with E-state index in [1.54, 1.807) is 18.2 Å². The number of benzene rings is 1. The van der Waals surface area contributed by atoms with Crippen LogP contribution in [0.2, 0.25) is 0 Å². The van der Waals surface area contributed by atoms with Crippen molar-refractivity contribution in [2.75, 3.05) is 6.61 Å². The van der Waals surface area contributed by atoms with Gasteiger partial charge in [0.05, 0.1) is 6.61 Å². The summed E-state index contributed by atoms with van der Waals surface area (Å²) in [4.78, 5) is 11.1. The Hall–Kier alpha value is -1.73. The third-order valence-electron chi connectivity index (χ3n) is 3.03. The van der Waals surface area contributed by atoms with Crippen LogP contribution in [0.15, 0.2) is 18.2 Å². The van der Waals surface area contributed by atoms with E-state index in [-0.39, 0.29) is 6.42 Å². The number of nitrogens with two attached hydrogens (primary N) is 1. The van der Waals surface area contributed by atoms with Crippen LogP contribution >= 0.6 is 0 Å². The standard InChI is InChI=1S/C14H21BNO5/c1-3-4-7-20-12-8-11(21-15-19)6-5-10(12)9-14(2,16)13(17)18/h5-6,8,19H,3-4,7,9,16H2,1-2H3,(H,17,18)/t14-/m1/s1. The van der Waals surface area contributed by atoms with Crippen molar-refractivity contribution in [1.82, 2.24) is 0 Å². The summed E-state index contributed by atoms with van der Waals surface area (Å²) in [6.45, 7) is 4.02. The molecule has 0 saturated heterocycles. The maximum atomic E-state index is 11.1. The summed E-state index contributed by atoms with van der Waals surface area (Å²) in [5.41, 5.74) is 5.08. The van der Waals surface area contributed by atoms with Gasteiger partial charge in [-0.25, -0.2) is 0 Å². The lowest BCUT2D eigenvalue weighted by atomic mass is 9.93. The molecular weight excluding hydrogens is 273 g/mol. The number of ether oxygens (including phenoxy) is 1. The Morgan fingerprint density at radius 2 is 2.19 bits per heavy atom. The molecule has 115 valence electrons. The molecule has 0 saturated carbocycles. The van der Waals surface area contributed by atoms with Crippen LogP contribution in [0.4, 0.5) is 0 Å². The van der Waals surface area contributed by atoms with Crippen molar-refractivity contribution in [3.05, 3.63) is 23.8 Å². The maximum Gasteiger partial charge on any atom is 0.569 e. The molecule has 1 aromatic rings. The Morgan fingerprint density at radius 3 is 2.76 bits per heavy atom. The molecule has 7 heteroatoms. The fourth-order valence-electron chi connectivity index (χ4n) is 1.75. The first-order valence-corrected chi connectivity index (χ1v) is 6.81. The normalized spacial score (nSPS) is 13.3. The van der Waals surface area contributed by atoms with E-state index in [2.05, 4.69) is 0 Å². The van der Waals surface area contributed by atoms with Crippen molar-refractivity contribution in [2.45, 2.75) is 38.6 Å². The van der Waals surface area contributed by atoms with Crippen molar-refractivity contribution in [3.63, 3.8) is 0 Å². The number of unbranched alkanes of at least 4 members (excludes halogenated alkanes) is 1. The highest BCUT2D eigenvalue weighted by Gasteiger charge is 2.29. The van der Waals surface area contributed by atoms with Gasteiger partial charge >= 0.3 is 13.7 Å². The van der Waals surface area contributed by atoms with Gasteiger partial charge in [0.15, 0.2) is 0 Å². The summed E-state index contributed by atoms with van der Waals surface area (Å²) < 4.78 is 10.6. The predicted octanol–water partition coefficient (Wildman–Crippen LogP) is 1.12. The van der Waals surface area contributed by atoms with Gasteiger partial charge in [-0.1, -0.05) is 19.4 Å². The quantitative estimate of drug-likeness (QED) is 0.466. The zero-order chi connectivity index (χ0) is 15.9. The monoisotopic (exact) mass is 294 g/mol. The van der Waals surface area contributed by atoms with E-state index in [9.17, 15) is 4.79 Å². The fraction of sp³-hybridized carbons (Fsp3) is 0.500. The molecule has 21 heavy (non-hydrogen) atoms. The molecule has 0 aliphatic heterocycles. The first kappa shape index (κ1) is 17.3. The Morgan fingerprint density at radius 1 is 1.48 bits per heavy atom. The number of carbonyl (C=O) groups is 1. The van der Waals surface area contributed by atoms with Crippen LogP contribution in [0.25, 0.3) is 0 Å². The van der Waals surface area contributed by atoms with Crippen molar-refractivity contribution in [2.24, 2.45) is 5.73 Å². The van der Waals surface area contributed by atoms with Gasteiger partial charge in [-0.05, 0) is 25.0 Å². The van der Waals surface area contributed by atoms with Crippen LogP contribution in [0.5, 0.6) is 11.5 Å². The highest BCUT2D eigenvalue weighted by Crippen LogP contribution is 2.28. The highest BCUT2D eigenvalue weighted by atomic mass is 16.5. The minimum absolute atomic E-state index is 0.132. The smallest absolute Gasteiger partial charge is 0.537 e. The van der Waals surface area contributed by atoms with Crippen LogP contribution in [0.1, 0.15) is 32.3 Å². The predicted molar refractivity (Wildman–Crippen MR) is 79.4 cm³/mol. The van der Waals surface area contributed by atoms with Crippen molar-refractivity contribution in [1.29, 1.82) is 0 Å². The fourth-order valence-corrected chi connectivity index (χ4v) is 1.75. The number of carboxylic acid groups (broad SMARTS) is 1. The van der Waals surface area contributed by atoms with E-state index >= 15 is 0 Å². The van der Waals surface area contributed by atoms with E-state index in [0.717, 1.165) is 12.8 Å². The zero-order valence-electron chi connectivity index (χ0n) is 12.3. The number of hydrogen-bond acceptors (Lipinski definition) is 5. The summed E-state index contributed by atoms with van der Waals surface area (Å²) >= 11 is 0. The van der Waals surface area contributed by atoms with Gasteiger partial charge in [0.2, 0.25) is 0 Å². The van der Waals surface area contributed by atoms with Crippen LogP contribution < -0.4 is 15.1 Å². The number of rotatable bonds is 9. The summed E-state index contributed by atoms with van der Waals surface area (Å²) in [7, 11) is 0.578. The zero-order valence-corrected chi connectivity index (χ0v) is 12.3. The second kappa shape index (κ2) is 7.90. The topological polar surface area (TPSA) is 102 Å². The molecule has 1 rings (SSSR count). The number of carboxylic acids is 1. The molecule has 6 nitrogen and oxygen atoms in total. The molecule has 0 aliphatic rings. The van der Waals surface area contributed by atoms with Gasteiger partial charge in [0.25, 0.3) is 0 Å². The lowest BCUT2D eigenvalue weighted by Gasteiger charge is -2.21. The molecule has 1 radical (unpaired) electrons. The van der Waals surface area contributed by atoms with E-state index in [1.807, 2.05) is 6.92 Å². The molecule has 0 bridgehead atoms. The highest BCUT2D eigenvalue weighted by molar-refractivity contribution is 6.17. The largest absolute Gasteiger partial charge is 0.569 e. The molecule has 0 unspecified atom stereocenters. The summed E-state index contributed by atoms with van der Waals surface area (Å²) in [6, 6.07) is 4.91. The van der Waals surface area contributed by atoms with E-state index in [4.69, 9.17) is 25.3 Å². The van der Waals surface area contributed by atoms with Crippen molar-refractivity contribution < 1.29 is 24.3 Å². The van der Waals surface area contributed by atoms with Crippen molar-refractivity contribution >= 4 is 13.7 Å². The van der Waals surface area contributed by atoms with E-state index in [0.29, 0.717) is 31.4 Å². The minimum atomic E-state index is -1.38. The molecule has 1 atom stereocenters. The van der Waals surface area contributed by atoms with E-state index in [1.165, 1.54) is 6.92 Å². The van der Waals surface area contributed by atoms with Crippen LogP contribution in [0, 0.1) is 0 Å². The summed E-state index contributed by atoms with van der Waals surface area (Å²) in [5.74, 6) is -0.159. The average molecular weight is 294 g/mol. The van der Waals surface area contributed by atoms with Crippen LogP contribution in [0.3, 0.4) is 0 Å². The first-order valence-electron chi connectivity index (χ1n) is 6.81. The molecule has 0 aromatic heterocycles. The molecule has 0 aliphatic carbocycles. The first-order chi connectivity index (χ1) is 9.90. The van der Waals surface area contributed by atoms with Crippen molar-refractivity contribution in [3.8, 4) is 11.5 Å². The average Bonchev–Trinajstić information content (AvgIpc) is 2.41. The molecule has 4 N–H and O–H groups in total. The molecule has 0 fully saturated rings. The number of hydrogen-bond donors (Lipinski definition) is 3. The van der Waals surface area contributed by atoms with Crippen LogP contribution in [-0.4, -0.2) is 35.9 Å². The Kier molecular flexibility index (Phi) is 6.52. The Bertz CT molecular complexity index is 478. The molecule has 0 amide bonds. The van der Waals surface area contributed by atoms with Gasteiger partial charge in [-0.3, -0.25) is 4.79 Å². The van der Waals surface area contributed by atoms with Gasteiger partial charge in [-0.2, -0.15) is 0 Å². The third kappa shape index (κ3) is 5.28. The third-order valence-corrected chi connectivity index (χ3v) is 3.03. The van der Waals surface area contributed by atoms with E-state index < -0.39 is 11.5 Å². The van der Waals surface area contributed by atoms with Gasteiger partial charge in [0.1, 0.15) is 17.0 Å². The summed E-state index contributed by atoms with van der Waals surface area (Å²) in [6.07, 6.45) is 2.00. The maximum absolute atomic E-state index is 11.1. The number of aliphatic carboxylic acids is 1. The Balaban J connectivity index is 2.97. The molecule has 1 aromatic carbocycles. The SMILES string of the molecule is CCCCOc1cc(O[B]O)ccc1C[C@@](C)(N)C(=O)O. The summed E-state index contributed by atoms with van der Waals surface area (Å²) in [5, 5.41) is 17.8. The lowest BCUT2D eigenvalue weighted by Crippen LogP contribution is -2.46. The van der Waals surface area contributed by atoms with Gasteiger partial charge in [0, 0.05) is 12.5 Å². The van der Waals surface area contributed by atoms with Gasteiger partial charge in [-0.15, -0.1) is 0 Å². The van der Waals surface area contributed by atoms with Crippen LogP contribution in [-0.2, 0) is 11.2 Å². The van der Waals surface area contributed by atoms with Gasteiger partial charge < -0.3 is 25.3 Å². The second-order valence-corrected chi connectivity index (χ2v) is 5.09. The molecule has 0 spiro atoms. The minimum Gasteiger partial charge on any atom is -0.537 e. The second-order valence-electron chi connectivity index (χ2n) is 5.09. The molecular formula is C14H21BNO5.